The monoisotopic (exact) mass is 270 g/mol. The van der Waals surface area contributed by atoms with Crippen LogP contribution in [0.25, 0.3) is 0 Å². The van der Waals surface area contributed by atoms with Gasteiger partial charge in [0.1, 0.15) is 0 Å². The van der Waals surface area contributed by atoms with Gasteiger partial charge in [-0.25, -0.2) is 4.79 Å². The van der Waals surface area contributed by atoms with E-state index < -0.39 is 0 Å². The van der Waals surface area contributed by atoms with Crippen molar-refractivity contribution in [3.63, 3.8) is 0 Å². The van der Waals surface area contributed by atoms with Crippen LogP contribution >= 0.6 is 31.9 Å². The van der Waals surface area contributed by atoms with E-state index in [1.807, 2.05) is 0 Å². The van der Waals surface area contributed by atoms with Gasteiger partial charge in [0.2, 0.25) is 0 Å². The molecule has 0 fully saturated rings. The summed E-state index contributed by atoms with van der Waals surface area (Å²) in [6.45, 7) is 3.85. The summed E-state index contributed by atoms with van der Waals surface area (Å²) in [6.07, 6.45) is 0. The number of carbonyl (C=O) groups is 1. The third-order valence-corrected chi connectivity index (χ3v) is 2.05. The Bertz CT molecular complexity index is 159. The van der Waals surface area contributed by atoms with E-state index in [2.05, 4.69) is 31.9 Å². The molecule has 0 heterocycles. The maximum Gasteiger partial charge on any atom is 0.335 e. The average molecular weight is 272 g/mol. The molecular weight excluding hydrogens is 264 g/mol. The molecule has 0 aliphatic rings. The van der Waals surface area contributed by atoms with Crippen LogP contribution in [0.1, 0.15) is 13.8 Å². The standard InChI is InChI=1S/C6H8Br2O2/c1-3-10-6(9)4(2)5(7)8/h3H2,1-2H3. The van der Waals surface area contributed by atoms with Crippen molar-refractivity contribution < 1.29 is 9.53 Å². The van der Waals surface area contributed by atoms with Gasteiger partial charge in [0.25, 0.3) is 0 Å². The highest BCUT2D eigenvalue weighted by Crippen LogP contribution is 2.19. The Labute approximate surface area is 76.9 Å². The van der Waals surface area contributed by atoms with Crippen molar-refractivity contribution in [3.8, 4) is 0 Å². The Morgan fingerprint density at radius 2 is 2.00 bits per heavy atom. The minimum atomic E-state index is -0.300. The fourth-order valence-corrected chi connectivity index (χ4v) is 0.640. The predicted octanol–water partition coefficient (Wildman–Crippen LogP) is 2.57. The molecule has 0 aromatic carbocycles. The Balaban J connectivity index is 4.09. The molecule has 2 nitrogen and oxygen atoms in total. The number of rotatable bonds is 2. The summed E-state index contributed by atoms with van der Waals surface area (Å²) in [6, 6.07) is 0. The largest absolute Gasteiger partial charge is 0.463 e. The van der Waals surface area contributed by atoms with Crippen molar-refractivity contribution in [3.05, 3.63) is 8.96 Å². The summed E-state index contributed by atoms with van der Waals surface area (Å²) < 4.78 is 5.35. The van der Waals surface area contributed by atoms with Crippen molar-refractivity contribution in [1.82, 2.24) is 0 Å². The molecule has 0 radical (unpaired) electrons. The van der Waals surface area contributed by atoms with E-state index in [-0.39, 0.29) is 5.97 Å². The van der Waals surface area contributed by atoms with Crippen LogP contribution < -0.4 is 0 Å². The molecule has 0 saturated heterocycles. The molecule has 0 amide bonds. The van der Waals surface area contributed by atoms with E-state index in [9.17, 15) is 4.79 Å². The molecule has 0 aliphatic carbocycles. The molecule has 0 spiro atoms. The maximum atomic E-state index is 10.8. The predicted molar refractivity (Wildman–Crippen MR) is 47.2 cm³/mol. The van der Waals surface area contributed by atoms with Gasteiger partial charge in [0, 0.05) is 0 Å². The SMILES string of the molecule is CCOC(=O)C(C)=C(Br)Br. The molecule has 0 atom stereocenters. The van der Waals surface area contributed by atoms with Crippen LogP contribution in [0.15, 0.2) is 8.96 Å². The molecule has 0 saturated carbocycles. The van der Waals surface area contributed by atoms with Crippen molar-refractivity contribution in [2.24, 2.45) is 0 Å². The molecule has 0 bridgehead atoms. The van der Waals surface area contributed by atoms with Crippen LogP contribution in [0, 0.1) is 0 Å². The summed E-state index contributed by atoms with van der Waals surface area (Å²) in [7, 11) is 0. The number of carbonyl (C=O) groups excluding carboxylic acids is 1. The molecule has 0 aliphatic heterocycles. The van der Waals surface area contributed by atoms with Gasteiger partial charge in [-0.05, 0) is 45.7 Å². The topological polar surface area (TPSA) is 26.3 Å². The highest BCUT2D eigenvalue weighted by molar-refractivity contribution is 9.28. The average Bonchev–Trinajstić information content (AvgIpc) is 1.87. The molecule has 0 aromatic heterocycles. The zero-order chi connectivity index (χ0) is 8.15. The molecule has 0 unspecified atom stereocenters. The number of hydrogen-bond donors (Lipinski definition) is 0. The number of esters is 1. The molecule has 4 heteroatoms. The van der Waals surface area contributed by atoms with Gasteiger partial charge in [-0.3, -0.25) is 0 Å². The second-order valence-electron chi connectivity index (χ2n) is 1.61. The van der Waals surface area contributed by atoms with Crippen LogP contribution in [-0.2, 0) is 9.53 Å². The fraction of sp³-hybridized carbons (Fsp3) is 0.500. The summed E-state index contributed by atoms with van der Waals surface area (Å²) in [5.74, 6) is -0.300. The quantitative estimate of drug-likeness (QED) is 0.570. The van der Waals surface area contributed by atoms with E-state index >= 15 is 0 Å². The molecule has 0 rings (SSSR count). The van der Waals surface area contributed by atoms with E-state index in [1.54, 1.807) is 13.8 Å². The van der Waals surface area contributed by atoms with Crippen molar-refractivity contribution in [2.45, 2.75) is 13.8 Å². The zero-order valence-corrected chi connectivity index (χ0v) is 8.95. The number of hydrogen-bond acceptors (Lipinski definition) is 2. The Morgan fingerprint density at radius 3 is 2.30 bits per heavy atom. The van der Waals surface area contributed by atoms with E-state index in [0.29, 0.717) is 15.6 Å². The molecular formula is C6H8Br2O2. The maximum absolute atomic E-state index is 10.8. The van der Waals surface area contributed by atoms with Crippen LogP contribution in [-0.4, -0.2) is 12.6 Å². The highest BCUT2D eigenvalue weighted by atomic mass is 79.9. The van der Waals surface area contributed by atoms with Gasteiger partial charge in [-0.1, -0.05) is 0 Å². The van der Waals surface area contributed by atoms with Gasteiger partial charge in [0.05, 0.1) is 15.6 Å². The molecule has 10 heavy (non-hydrogen) atoms. The van der Waals surface area contributed by atoms with Gasteiger partial charge >= 0.3 is 5.97 Å². The minimum Gasteiger partial charge on any atom is -0.463 e. The number of ether oxygens (including phenoxy) is 1. The van der Waals surface area contributed by atoms with E-state index in [4.69, 9.17) is 4.74 Å². The summed E-state index contributed by atoms with van der Waals surface area (Å²) in [5.41, 5.74) is 0.543. The first-order chi connectivity index (χ1) is 4.59. The first kappa shape index (κ1) is 10.2. The van der Waals surface area contributed by atoms with Crippen LogP contribution in [0.2, 0.25) is 0 Å². The first-order valence-corrected chi connectivity index (χ1v) is 4.37. The molecule has 0 aromatic rings. The summed E-state index contributed by atoms with van der Waals surface area (Å²) >= 11 is 6.21. The van der Waals surface area contributed by atoms with Crippen LogP contribution in [0.5, 0.6) is 0 Å². The molecule has 58 valence electrons. The lowest BCUT2D eigenvalue weighted by Gasteiger charge is -2.00. The highest BCUT2D eigenvalue weighted by Gasteiger charge is 2.06. The summed E-state index contributed by atoms with van der Waals surface area (Å²) in [5, 5.41) is 0. The second-order valence-corrected chi connectivity index (χ2v) is 4.26. The third kappa shape index (κ3) is 3.37. The normalized spacial score (nSPS) is 8.80. The van der Waals surface area contributed by atoms with Gasteiger partial charge < -0.3 is 4.74 Å². The van der Waals surface area contributed by atoms with E-state index in [1.165, 1.54) is 0 Å². The van der Waals surface area contributed by atoms with Crippen molar-refractivity contribution >= 4 is 37.8 Å². The van der Waals surface area contributed by atoms with Crippen LogP contribution in [0.4, 0.5) is 0 Å². The lowest BCUT2D eigenvalue weighted by molar-refractivity contribution is -0.138. The second kappa shape index (κ2) is 4.91. The van der Waals surface area contributed by atoms with E-state index in [0.717, 1.165) is 0 Å². The van der Waals surface area contributed by atoms with Crippen LogP contribution in [0.3, 0.4) is 0 Å². The number of halogens is 2. The zero-order valence-electron chi connectivity index (χ0n) is 5.78. The lowest BCUT2D eigenvalue weighted by Crippen LogP contribution is -2.04. The lowest BCUT2D eigenvalue weighted by atomic mass is 10.4. The Morgan fingerprint density at radius 1 is 1.50 bits per heavy atom. The Hall–Kier alpha value is 0.170. The van der Waals surface area contributed by atoms with Crippen molar-refractivity contribution in [1.29, 1.82) is 0 Å². The summed E-state index contributed by atoms with van der Waals surface area (Å²) in [4.78, 5) is 10.8. The minimum absolute atomic E-state index is 0.300. The first-order valence-electron chi connectivity index (χ1n) is 2.78. The smallest absolute Gasteiger partial charge is 0.335 e. The van der Waals surface area contributed by atoms with Gasteiger partial charge in [0.15, 0.2) is 0 Å². The van der Waals surface area contributed by atoms with Gasteiger partial charge in [-0.2, -0.15) is 0 Å². The third-order valence-electron chi connectivity index (χ3n) is 0.865. The van der Waals surface area contributed by atoms with Crippen molar-refractivity contribution in [2.75, 3.05) is 6.61 Å². The van der Waals surface area contributed by atoms with Gasteiger partial charge in [-0.15, -0.1) is 0 Å². The Kier molecular flexibility index (Phi) is 4.99. The fourth-order valence-electron chi connectivity index (χ4n) is 0.316. The molecule has 0 N–H and O–H groups in total.